The van der Waals surface area contributed by atoms with Gasteiger partial charge in [-0.2, -0.15) is 26.3 Å². The zero-order valence-electron chi connectivity index (χ0n) is 15.8. The highest BCUT2D eigenvalue weighted by molar-refractivity contribution is 6.02. The molecule has 0 atom stereocenters. The zero-order chi connectivity index (χ0) is 22.5. The van der Waals surface area contributed by atoms with Gasteiger partial charge in [0.15, 0.2) is 11.5 Å². The molecule has 1 N–H and O–H groups in total. The Morgan fingerprint density at radius 3 is 2.07 bits per heavy atom. The number of hydrogen-bond acceptors (Lipinski definition) is 3. The summed E-state index contributed by atoms with van der Waals surface area (Å²) >= 11 is 0. The molecule has 0 heterocycles. The molecule has 2 rings (SSSR count). The molecule has 30 heavy (non-hydrogen) atoms. The molecule has 0 aliphatic rings. The molecule has 0 fully saturated rings. The van der Waals surface area contributed by atoms with E-state index in [1.54, 1.807) is 25.1 Å². The van der Waals surface area contributed by atoms with Crippen molar-refractivity contribution < 1.29 is 40.6 Å². The third-order valence-electron chi connectivity index (χ3n) is 3.77. The van der Waals surface area contributed by atoms with Crippen LogP contribution in [0.15, 0.2) is 42.5 Å². The number of alkyl halides is 6. The van der Waals surface area contributed by atoms with Crippen molar-refractivity contribution in [3.8, 4) is 11.5 Å². The molecule has 0 aromatic heterocycles. The molecular weight excluding hydrogens is 416 g/mol. The van der Waals surface area contributed by atoms with Gasteiger partial charge in [-0.05, 0) is 48.9 Å². The lowest BCUT2D eigenvalue weighted by Crippen LogP contribution is -2.14. The average molecular weight is 433 g/mol. The van der Waals surface area contributed by atoms with E-state index in [0.29, 0.717) is 35.8 Å². The molecule has 0 spiro atoms. The minimum Gasteiger partial charge on any atom is -0.493 e. The fourth-order valence-corrected chi connectivity index (χ4v) is 2.45. The van der Waals surface area contributed by atoms with E-state index in [1.165, 1.54) is 13.2 Å². The van der Waals surface area contributed by atoms with Gasteiger partial charge in [-0.3, -0.25) is 4.79 Å². The molecule has 2 aromatic carbocycles. The molecule has 162 valence electrons. The van der Waals surface area contributed by atoms with E-state index in [0.717, 1.165) is 6.08 Å². The Morgan fingerprint density at radius 2 is 1.57 bits per heavy atom. The summed E-state index contributed by atoms with van der Waals surface area (Å²) in [5, 5.41) is 2.02. The summed E-state index contributed by atoms with van der Waals surface area (Å²) in [6.07, 6.45) is -7.71. The number of halogens is 6. The van der Waals surface area contributed by atoms with Gasteiger partial charge in [0.2, 0.25) is 5.91 Å². The highest BCUT2D eigenvalue weighted by atomic mass is 19.4. The number of anilines is 1. The summed E-state index contributed by atoms with van der Waals surface area (Å²) in [7, 11) is 1.42. The maximum absolute atomic E-state index is 12.9. The van der Waals surface area contributed by atoms with Gasteiger partial charge in [-0.15, -0.1) is 0 Å². The first-order valence-electron chi connectivity index (χ1n) is 8.53. The number of carbonyl (C=O) groups is 1. The first-order valence-corrected chi connectivity index (χ1v) is 8.53. The molecule has 0 unspecified atom stereocenters. The smallest absolute Gasteiger partial charge is 0.416 e. The Hall–Kier alpha value is -3.17. The van der Waals surface area contributed by atoms with Gasteiger partial charge in [0.05, 0.1) is 24.8 Å². The van der Waals surface area contributed by atoms with Crippen molar-refractivity contribution in [2.75, 3.05) is 19.0 Å². The van der Waals surface area contributed by atoms with E-state index in [-0.39, 0.29) is 6.07 Å². The molecule has 0 aliphatic carbocycles. The SMILES string of the molecule is CCOc1ccc(/C=C/C(=O)Nc2cc(C(F)(F)F)cc(C(F)(F)F)c2)cc1OC. The maximum Gasteiger partial charge on any atom is 0.416 e. The van der Waals surface area contributed by atoms with Crippen molar-refractivity contribution in [3.63, 3.8) is 0 Å². The molecule has 0 saturated heterocycles. The lowest BCUT2D eigenvalue weighted by atomic mass is 10.1. The minimum absolute atomic E-state index is 0.0162. The normalized spacial score (nSPS) is 12.1. The first kappa shape index (κ1) is 23.1. The van der Waals surface area contributed by atoms with Gasteiger partial charge in [0.1, 0.15) is 0 Å². The molecule has 0 bridgehead atoms. The van der Waals surface area contributed by atoms with Gasteiger partial charge in [0, 0.05) is 11.8 Å². The monoisotopic (exact) mass is 433 g/mol. The van der Waals surface area contributed by atoms with Crippen LogP contribution in [0.1, 0.15) is 23.6 Å². The average Bonchev–Trinajstić information content (AvgIpc) is 2.65. The number of amides is 1. The molecule has 2 aromatic rings. The molecule has 0 radical (unpaired) electrons. The van der Waals surface area contributed by atoms with Crippen LogP contribution in [-0.4, -0.2) is 19.6 Å². The number of hydrogen-bond donors (Lipinski definition) is 1. The number of nitrogens with one attached hydrogen (secondary N) is 1. The Balaban J connectivity index is 2.23. The molecule has 0 saturated carbocycles. The second kappa shape index (κ2) is 9.10. The fraction of sp³-hybridized carbons (Fsp3) is 0.250. The molecule has 10 heteroatoms. The van der Waals surface area contributed by atoms with Gasteiger partial charge in [0.25, 0.3) is 0 Å². The van der Waals surface area contributed by atoms with Crippen LogP contribution < -0.4 is 14.8 Å². The molecule has 4 nitrogen and oxygen atoms in total. The van der Waals surface area contributed by atoms with E-state index in [9.17, 15) is 31.1 Å². The van der Waals surface area contributed by atoms with E-state index in [1.807, 2.05) is 5.32 Å². The van der Waals surface area contributed by atoms with Crippen LogP contribution in [0.2, 0.25) is 0 Å². The van der Waals surface area contributed by atoms with Gasteiger partial charge < -0.3 is 14.8 Å². The molecule has 1 amide bonds. The maximum atomic E-state index is 12.9. The van der Waals surface area contributed by atoms with Crippen molar-refractivity contribution in [2.45, 2.75) is 19.3 Å². The first-order chi connectivity index (χ1) is 13.9. The quantitative estimate of drug-likeness (QED) is 0.464. The lowest BCUT2D eigenvalue weighted by molar-refractivity contribution is -0.143. The number of benzene rings is 2. The summed E-state index contributed by atoms with van der Waals surface area (Å²) in [6, 6.07) is 5.60. The fourth-order valence-electron chi connectivity index (χ4n) is 2.45. The second-order valence-electron chi connectivity index (χ2n) is 5.96. The van der Waals surface area contributed by atoms with Crippen LogP contribution in [0.5, 0.6) is 11.5 Å². The standard InChI is InChI=1S/C20H17F6NO3/c1-3-30-16-6-4-12(8-17(16)29-2)5-7-18(28)27-15-10-13(19(21,22)23)9-14(11-15)20(24,25)26/h4-11H,3H2,1-2H3,(H,27,28)/b7-5+. The molecule has 0 aliphatic heterocycles. The Bertz CT molecular complexity index is 903. The largest absolute Gasteiger partial charge is 0.493 e. The number of ether oxygens (including phenoxy) is 2. The van der Waals surface area contributed by atoms with Gasteiger partial charge in [-0.25, -0.2) is 0 Å². The van der Waals surface area contributed by atoms with Crippen LogP contribution in [0.3, 0.4) is 0 Å². The summed E-state index contributed by atoms with van der Waals surface area (Å²) in [6.45, 7) is 2.19. The van der Waals surface area contributed by atoms with E-state index < -0.39 is 35.1 Å². The van der Waals surface area contributed by atoms with E-state index >= 15 is 0 Å². The van der Waals surface area contributed by atoms with Gasteiger partial charge in [-0.1, -0.05) is 6.07 Å². The van der Waals surface area contributed by atoms with Crippen LogP contribution in [0, 0.1) is 0 Å². The summed E-state index contributed by atoms with van der Waals surface area (Å²) in [4.78, 5) is 12.0. The number of methoxy groups -OCH3 is 1. The zero-order valence-corrected chi connectivity index (χ0v) is 15.8. The number of carbonyl (C=O) groups excluding carboxylic acids is 1. The highest BCUT2D eigenvalue weighted by Gasteiger charge is 2.37. The van der Waals surface area contributed by atoms with E-state index in [2.05, 4.69) is 0 Å². The number of rotatable bonds is 6. The van der Waals surface area contributed by atoms with Crippen molar-refractivity contribution in [3.05, 3.63) is 59.2 Å². The summed E-state index contributed by atoms with van der Waals surface area (Å²) in [5.41, 5.74) is -3.16. The second-order valence-corrected chi connectivity index (χ2v) is 5.96. The third-order valence-corrected chi connectivity index (χ3v) is 3.77. The van der Waals surface area contributed by atoms with Crippen LogP contribution in [0.25, 0.3) is 6.08 Å². The Morgan fingerprint density at radius 1 is 0.967 bits per heavy atom. The third kappa shape index (κ3) is 6.16. The minimum atomic E-state index is -5.00. The summed E-state index contributed by atoms with van der Waals surface area (Å²) < 4.78 is 87.8. The van der Waals surface area contributed by atoms with Crippen LogP contribution in [-0.2, 0) is 17.1 Å². The molecular formula is C20H17F6NO3. The Labute approximate surface area is 168 Å². The van der Waals surface area contributed by atoms with Crippen LogP contribution in [0.4, 0.5) is 32.0 Å². The van der Waals surface area contributed by atoms with Gasteiger partial charge >= 0.3 is 12.4 Å². The van der Waals surface area contributed by atoms with Crippen molar-refractivity contribution in [1.82, 2.24) is 0 Å². The summed E-state index contributed by atoms with van der Waals surface area (Å²) in [5.74, 6) is -0.0346. The highest BCUT2D eigenvalue weighted by Crippen LogP contribution is 2.37. The van der Waals surface area contributed by atoms with E-state index in [4.69, 9.17) is 9.47 Å². The lowest BCUT2D eigenvalue weighted by Gasteiger charge is -2.14. The van der Waals surface area contributed by atoms with Crippen molar-refractivity contribution in [1.29, 1.82) is 0 Å². The topological polar surface area (TPSA) is 47.6 Å². The van der Waals surface area contributed by atoms with Crippen molar-refractivity contribution >= 4 is 17.7 Å². The predicted molar refractivity (Wildman–Crippen MR) is 98.3 cm³/mol. The Kier molecular flexibility index (Phi) is 7.01. The van der Waals surface area contributed by atoms with Crippen molar-refractivity contribution in [2.24, 2.45) is 0 Å². The predicted octanol–water partition coefficient (Wildman–Crippen LogP) is 5.78. The van der Waals surface area contributed by atoms with Crippen LogP contribution >= 0.6 is 0 Å².